The Morgan fingerprint density at radius 1 is 1.05 bits per heavy atom. The summed E-state index contributed by atoms with van der Waals surface area (Å²) in [5.74, 6) is 0.268. The molecule has 0 aliphatic rings. The van der Waals surface area contributed by atoms with Gasteiger partial charge in [-0.2, -0.15) is 0 Å². The van der Waals surface area contributed by atoms with E-state index in [1.165, 1.54) is 0 Å². The second kappa shape index (κ2) is 6.50. The number of anilines is 1. The number of hydrogen-bond acceptors (Lipinski definition) is 3. The van der Waals surface area contributed by atoms with Crippen LogP contribution >= 0.6 is 0 Å². The van der Waals surface area contributed by atoms with Gasteiger partial charge >= 0.3 is 0 Å². The van der Waals surface area contributed by atoms with Crippen molar-refractivity contribution in [3.05, 3.63) is 48.0 Å². The van der Waals surface area contributed by atoms with Gasteiger partial charge < -0.3 is 5.73 Å². The van der Waals surface area contributed by atoms with Crippen LogP contribution in [-0.4, -0.2) is 15.0 Å². The molecule has 22 heavy (non-hydrogen) atoms. The van der Waals surface area contributed by atoms with Gasteiger partial charge in [-0.25, -0.2) is 13.1 Å². The predicted molar refractivity (Wildman–Crippen MR) is 91.1 cm³/mol. The van der Waals surface area contributed by atoms with Crippen molar-refractivity contribution in [2.75, 3.05) is 12.3 Å². The maximum Gasteiger partial charge on any atom is 0.240 e. The summed E-state index contributed by atoms with van der Waals surface area (Å²) in [6.07, 6.45) is 0. The van der Waals surface area contributed by atoms with E-state index in [0.29, 0.717) is 6.54 Å². The predicted octanol–water partition coefficient (Wildman–Crippen LogP) is 3.18. The second-order valence-electron chi connectivity index (χ2n) is 5.84. The van der Waals surface area contributed by atoms with Crippen molar-refractivity contribution in [2.24, 2.45) is 5.92 Å². The number of benzene rings is 2. The third-order valence-corrected chi connectivity index (χ3v) is 4.90. The number of nitrogens with one attached hydrogen (secondary N) is 1. The first kappa shape index (κ1) is 16.5. The summed E-state index contributed by atoms with van der Waals surface area (Å²) in [5, 5.41) is 0. The molecule has 0 radical (unpaired) electrons. The fourth-order valence-corrected chi connectivity index (χ4v) is 3.22. The van der Waals surface area contributed by atoms with E-state index in [9.17, 15) is 8.42 Å². The van der Waals surface area contributed by atoms with E-state index in [1.807, 2.05) is 39.0 Å². The number of nitrogens with two attached hydrogens (primary N) is 1. The highest BCUT2D eigenvalue weighted by atomic mass is 32.2. The summed E-state index contributed by atoms with van der Waals surface area (Å²) in [5.41, 5.74) is 9.59. The van der Waals surface area contributed by atoms with Crippen molar-refractivity contribution >= 4 is 15.7 Å². The van der Waals surface area contributed by atoms with Gasteiger partial charge in [0.05, 0.1) is 4.90 Å². The zero-order chi connectivity index (χ0) is 16.3. The van der Waals surface area contributed by atoms with Gasteiger partial charge in [-0.05, 0) is 47.7 Å². The van der Waals surface area contributed by atoms with Crippen LogP contribution in [0.4, 0.5) is 5.69 Å². The first-order chi connectivity index (χ1) is 10.3. The summed E-state index contributed by atoms with van der Waals surface area (Å²) >= 11 is 0. The largest absolute Gasteiger partial charge is 0.398 e. The van der Waals surface area contributed by atoms with Crippen LogP contribution in [0.15, 0.2) is 47.4 Å². The Bertz CT molecular complexity index is 751. The molecular formula is C17H22N2O2S. The Morgan fingerprint density at radius 2 is 1.64 bits per heavy atom. The first-order valence-corrected chi connectivity index (χ1v) is 8.74. The Hall–Kier alpha value is -1.85. The fourth-order valence-electron chi connectivity index (χ4n) is 2.01. The molecule has 0 aliphatic carbocycles. The van der Waals surface area contributed by atoms with Crippen molar-refractivity contribution < 1.29 is 8.42 Å². The maximum atomic E-state index is 12.2. The highest BCUT2D eigenvalue weighted by Crippen LogP contribution is 2.24. The molecular weight excluding hydrogens is 296 g/mol. The molecule has 0 saturated carbocycles. The molecule has 0 amide bonds. The summed E-state index contributed by atoms with van der Waals surface area (Å²) in [6, 6.07) is 12.7. The lowest BCUT2D eigenvalue weighted by atomic mass is 10.0. The van der Waals surface area contributed by atoms with E-state index in [0.717, 1.165) is 22.4 Å². The van der Waals surface area contributed by atoms with E-state index >= 15 is 0 Å². The lowest BCUT2D eigenvalue weighted by molar-refractivity contribution is 0.560. The molecule has 0 fully saturated rings. The number of aryl methyl sites for hydroxylation is 1. The first-order valence-electron chi connectivity index (χ1n) is 7.26. The molecule has 2 aromatic carbocycles. The number of nitrogen functional groups attached to an aromatic ring is 1. The van der Waals surface area contributed by atoms with Crippen LogP contribution in [0, 0.1) is 12.8 Å². The molecule has 3 N–H and O–H groups in total. The topological polar surface area (TPSA) is 72.2 Å². The average Bonchev–Trinajstić information content (AvgIpc) is 2.48. The van der Waals surface area contributed by atoms with Crippen LogP contribution in [0.2, 0.25) is 0 Å². The minimum atomic E-state index is -3.44. The molecule has 0 aromatic heterocycles. The molecule has 2 rings (SSSR count). The van der Waals surface area contributed by atoms with Crippen LogP contribution < -0.4 is 10.5 Å². The zero-order valence-corrected chi connectivity index (χ0v) is 13.9. The summed E-state index contributed by atoms with van der Waals surface area (Å²) in [4.78, 5) is 0.275. The Labute approximate surface area is 132 Å². The van der Waals surface area contributed by atoms with Crippen molar-refractivity contribution in [1.82, 2.24) is 4.72 Å². The molecule has 118 valence electrons. The van der Waals surface area contributed by atoms with Gasteiger partial charge in [0.2, 0.25) is 10.0 Å². The summed E-state index contributed by atoms with van der Waals surface area (Å²) in [6.45, 7) is 6.31. The van der Waals surface area contributed by atoms with Crippen LogP contribution in [0.1, 0.15) is 19.4 Å². The van der Waals surface area contributed by atoms with Gasteiger partial charge in [-0.1, -0.05) is 38.1 Å². The summed E-state index contributed by atoms with van der Waals surface area (Å²) in [7, 11) is -3.44. The Balaban J connectivity index is 2.24. The van der Waals surface area contributed by atoms with Gasteiger partial charge in [0, 0.05) is 12.2 Å². The number of sulfonamides is 1. The number of hydrogen-bond donors (Lipinski definition) is 2. The minimum absolute atomic E-state index is 0.268. The molecule has 0 unspecified atom stereocenters. The van der Waals surface area contributed by atoms with E-state index in [-0.39, 0.29) is 10.8 Å². The van der Waals surface area contributed by atoms with Crippen LogP contribution in [0.25, 0.3) is 11.1 Å². The average molecular weight is 318 g/mol. The van der Waals surface area contributed by atoms with Crippen LogP contribution in [0.5, 0.6) is 0 Å². The molecule has 0 saturated heterocycles. The third-order valence-electron chi connectivity index (χ3n) is 3.46. The van der Waals surface area contributed by atoms with Crippen molar-refractivity contribution in [3.63, 3.8) is 0 Å². The van der Waals surface area contributed by atoms with Gasteiger partial charge in [0.15, 0.2) is 0 Å². The lowest BCUT2D eigenvalue weighted by Crippen LogP contribution is -2.27. The number of rotatable bonds is 5. The molecule has 2 aromatic rings. The SMILES string of the molecule is Cc1ccc(-c2ccc(S(=O)(=O)NCC(C)C)cc2)cc1N. The minimum Gasteiger partial charge on any atom is -0.398 e. The van der Waals surface area contributed by atoms with E-state index < -0.39 is 10.0 Å². The summed E-state index contributed by atoms with van der Waals surface area (Å²) < 4.78 is 26.9. The highest BCUT2D eigenvalue weighted by molar-refractivity contribution is 7.89. The Morgan fingerprint density at radius 3 is 2.18 bits per heavy atom. The molecule has 0 atom stereocenters. The van der Waals surface area contributed by atoms with Crippen molar-refractivity contribution in [2.45, 2.75) is 25.7 Å². The van der Waals surface area contributed by atoms with Crippen molar-refractivity contribution in [3.8, 4) is 11.1 Å². The van der Waals surface area contributed by atoms with Gasteiger partial charge in [-0.3, -0.25) is 0 Å². The fraction of sp³-hybridized carbons (Fsp3) is 0.294. The zero-order valence-electron chi connectivity index (χ0n) is 13.1. The van der Waals surface area contributed by atoms with E-state index in [2.05, 4.69) is 4.72 Å². The molecule has 4 nitrogen and oxygen atoms in total. The third kappa shape index (κ3) is 3.87. The second-order valence-corrected chi connectivity index (χ2v) is 7.61. The molecule has 0 aliphatic heterocycles. The standard InChI is InChI=1S/C17H22N2O2S/c1-12(2)11-19-22(20,21)16-8-6-14(7-9-16)15-5-4-13(3)17(18)10-15/h4-10,12,19H,11,18H2,1-3H3. The lowest BCUT2D eigenvalue weighted by Gasteiger charge is -2.10. The molecule has 5 heteroatoms. The normalized spacial score (nSPS) is 11.8. The van der Waals surface area contributed by atoms with Crippen LogP contribution in [-0.2, 0) is 10.0 Å². The van der Waals surface area contributed by atoms with Gasteiger partial charge in [0.25, 0.3) is 0 Å². The van der Waals surface area contributed by atoms with Gasteiger partial charge in [-0.15, -0.1) is 0 Å². The molecule has 0 spiro atoms. The maximum absolute atomic E-state index is 12.2. The monoisotopic (exact) mass is 318 g/mol. The molecule has 0 bridgehead atoms. The van der Waals surface area contributed by atoms with Gasteiger partial charge in [0.1, 0.15) is 0 Å². The van der Waals surface area contributed by atoms with Crippen molar-refractivity contribution in [1.29, 1.82) is 0 Å². The smallest absolute Gasteiger partial charge is 0.240 e. The van der Waals surface area contributed by atoms with E-state index in [4.69, 9.17) is 5.73 Å². The Kier molecular flexibility index (Phi) is 4.88. The molecule has 0 heterocycles. The quantitative estimate of drug-likeness (QED) is 0.832. The van der Waals surface area contributed by atoms with E-state index in [1.54, 1.807) is 24.3 Å². The highest BCUT2D eigenvalue weighted by Gasteiger charge is 2.14. The van der Waals surface area contributed by atoms with Crippen LogP contribution in [0.3, 0.4) is 0 Å².